The van der Waals surface area contributed by atoms with E-state index in [-0.39, 0.29) is 0 Å². The predicted molar refractivity (Wildman–Crippen MR) is 52.6 cm³/mol. The van der Waals surface area contributed by atoms with E-state index in [0.29, 0.717) is 6.61 Å². The van der Waals surface area contributed by atoms with E-state index in [1.807, 2.05) is 0 Å². The highest BCUT2D eigenvalue weighted by atomic mass is 16.3. The number of nitrogens with zero attached hydrogens (tertiary/aromatic N) is 1. The van der Waals surface area contributed by atoms with Crippen LogP contribution in [-0.2, 0) is 0 Å². The van der Waals surface area contributed by atoms with Gasteiger partial charge in [-0.3, -0.25) is 0 Å². The summed E-state index contributed by atoms with van der Waals surface area (Å²) in [5.74, 6) is 1.82. The summed E-state index contributed by atoms with van der Waals surface area (Å²) in [5.41, 5.74) is 0. The van der Waals surface area contributed by atoms with Gasteiger partial charge in [-0.2, -0.15) is 0 Å². The van der Waals surface area contributed by atoms with Gasteiger partial charge in [0.05, 0.1) is 0 Å². The van der Waals surface area contributed by atoms with Crippen molar-refractivity contribution >= 4 is 0 Å². The maximum atomic E-state index is 8.75. The summed E-state index contributed by atoms with van der Waals surface area (Å²) in [4.78, 5) is 2.50. The Kier molecular flexibility index (Phi) is 3.19. The number of likely N-dealkylation sites (tertiary alicyclic amines) is 1. The molecule has 76 valence electrons. The number of nitrogens with one attached hydrogen (secondary N) is 1. The molecule has 2 aliphatic heterocycles. The molecule has 0 aromatic carbocycles. The van der Waals surface area contributed by atoms with E-state index in [4.69, 9.17) is 5.11 Å². The molecule has 0 spiro atoms. The summed E-state index contributed by atoms with van der Waals surface area (Å²) >= 11 is 0. The first-order valence-corrected chi connectivity index (χ1v) is 5.44. The van der Waals surface area contributed by atoms with Crippen molar-refractivity contribution in [1.82, 2.24) is 10.2 Å². The Bertz CT molecular complexity index is 163. The first-order valence-electron chi connectivity index (χ1n) is 5.44. The fourth-order valence-corrected chi connectivity index (χ4v) is 2.61. The van der Waals surface area contributed by atoms with E-state index in [1.165, 1.54) is 32.6 Å². The third kappa shape index (κ3) is 2.22. The first kappa shape index (κ1) is 9.44. The Labute approximate surface area is 80.1 Å². The molecule has 2 atom stereocenters. The summed E-state index contributed by atoms with van der Waals surface area (Å²) in [6.07, 6.45) is 2.29. The molecule has 3 heteroatoms. The van der Waals surface area contributed by atoms with Crippen LogP contribution in [0, 0.1) is 11.8 Å². The van der Waals surface area contributed by atoms with Gasteiger partial charge in [-0.1, -0.05) is 0 Å². The van der Waals surface area contributed by atoms with Gasteiger partial charge in [0.2, 0.25) is 0 Å². The number of aliphatic hydroxyl groups is 1. The van der Waals surface area contributed by atoms with Gasteiger partial charge in [-0.15, -0.1) is 0 Å². The van der Waals surface area contributed by atoms with Crippen molar-refractivity contribution in [2.45, 2.75) is 12.8 Å². The maximum Gasteiger partial charge on any atom is 0.0443 e. The minimum atomic E-state index is 0.336. The first-order chi connectivity index (χ1) is 6.40. The minimum absolute atomic E-state index is 0.336. The van der Waals surface area contributed by atoms with E-state index in [2.05, 4.69) is 10.2 Å². The van der Waals surface area contributed by atoms with Crippen LogP contribution in [0.4, 0.5) is 0 Å². The van der Waals surface area contributed by atoms with Crippen LogP contribution in [0.3, 0.4) is 0 Å². The molecule has 0 aromatic heterocycles. The number of fused-ring (bicyclic) bond motifs is 1. The molecule has 0 bridgehead atoms. The fraction of sp³-hybridized carbons (Fsp3) is 1.00. The number of hydrogen-bond acceptors (Lipinski definition) is 3. The molecule has 2 unspecified atom stereocenters. The van der Waals surface area contributed by atoms with Gasteiger partial charge >= 0.3 is 0 Å². The molecule has 2 N–H and O–H groups in total. The van der Waals surface area contributed by atoms with Crippen molar-refractivity contribution in [3.63, 3.8) is 0 Å². The molecular formula is C10H20N2O. The van der Waals surface area contributed by atoms with E-state index in [1.54, 1.807) is 0 Å². The quantitative estimate of drug-likeness (QED) is 0.643. The van der Waals surface area contributed by atoms with Crippen molar-refractivity contribution in [2.24, 2.45) is 11.8 Å². The molecule has 2 rings (SSSR count). The van der Waals surface area contributed by atoms with Crippen molar-refractivity contribution < 1.29 is 5.11 Å². The predicted octanol–water partition coefficient (Wildman–Crippen LogP) is -0.0899. The lowest BCUT2D eigenvalue weighted by Crippen LogP contribution is -2.40. The Morgan fingerprint density at radius 3 is 3.00 bits per heavy atom. The van der Waals surface area contributed by atoms with Crippen LogP contribution in [0.25, 0.3) is 0 Å². The number of hydrogen-bond donors (Lipinski definition) is 2. The molecule has 0 saturated carbocycles. The van der Waals surface area contributed by atoms with Crippen LogP contribution in [0.1, 0.15) is 12.8 Å². The van der Waals surface area contributed by atoms with Gasteiger partial charge in [0.15, 0.2) is 0 Å². The Morgan fingerprint density at radius 1 is 1.31 bits per heavy atom. The topological polar surface area (TPSA) is 35.5 Å². The van der Waals surface area contributed by atoms with Crippen LogP contribution in [0.5, 0.6) is 0 Å². The van der Waals surface area contributed by atoms with E-state index < -0.39 is 0 Å². The molecule has 3 nitrogen and oxygen atoms in total. The van der Waals surface area contributed by atoms with Crippen LogP contribution >= 0.6 is 0 Å². The molecule has 0 radical (unpaired) electrons. The standard InChI is InChI=1S/C10H20N2O/c13-5-1-3-12-4-2-9-6-11-7-10(9)8-12/h9-11,13H,1-8H2. The Morgan fingerprint density at radius 2 is 2.15 bits per heavy atom. The normalized spacial score (nSPS) is 34.8. The second-order valence-corrected chi connectivity index (χ2v) is 4.34. The third-order valence-corrected chi connectivity index (χ3v) is 3.42. The highest BCUT2D eigenvalue weighted by molar-refractivity contribution is 4.87. The van der Waals surface area contributed by atoms with Crippen LogP contribution < -0.4 is 5.32 Å². The average Bonchev–Trinajstić information content (AvgIpc) is 2.61. The lowest BCUT2D eigenvalue weighted by Gasteiger charge is -2.34. The summed E-state index contributed by atoms with van der Waals surface area (Å²) < 4.78 is 0. The molecule has 2 saturated heterocycles. The van der Waals surface area contributed by atoms with Crippen LogP contribution in [-0.4, -0.2) is 49.3 Å². The zero-order valence-electron chi connectivity index (χ0n) is 8.21. The molecule has 0 aliphatic carbocycles. The zero-order valence-corrected chi connectivity index (χ0v) is 8.21. The number of piperidine rings is 1. The Hall–Kier alpha value is -0.120. The van der Waals surface area contributed by atoms with Crippen LogP contribution in [0.2, 0.25) is 0 Å². The second-order valence-electron chi connectivity index (χ2n) is 4.34. The molecule has 0 amide bonds. The van der Waals surface area contributed by atoms with Gasteiger partial charge in [-0.25, -0.2) is 0 Å². The number of rotatable bonds is 3. The van der Waals surface area contributed by atoms with Crippen molar-refractivity contribution in [2.75, 3.05) is 39.3 Å². The largest absolute Gasteiger partial charge is 0.396 e. The minimum Gasteiger partial charge on any atom is -0.396 e. The third-order valence-electron chi connectivity index (χ3n) is 3.42. The van der Waals surface area contributed by atoms with Gasteiger partial charge in [0.1, 0.15) is 0 Å². The Balaban J connectivity index is 1.76. The fourth-order valence-electron chi connectivity index (χ4n) is 2.61. The van der Waals surface area contributed by atoms with Crippen molar-refractivity contribution in [1.29, 1.82) is 0 Å². The summed E-state index contributed by atoms with van der Waals surface area (Å²) in [6, 6.07) is 0. The van der Waals surface area contributed by atoms with Crippen molar-refractivity contribution in [3.05, 3.63) is 0 Å². The summed E-state index contributed by atoms with van der Waals surface area (Å²) in [5, 5.41) is 12.2. The molecular weight excluding hydrogens is 164 g/mol. The highest BCUT2D eigenvalue weighted by Crippen LogP contribution is 2.26. The van der Waals surface area contributed by atoms with Gasteiger partial charge in [0, 0.05) is 19.7 Å². The lowest BCUT2D eigenvalue weighted by atomic mass is 9.89. The second kappa shape index (κ2) is 4.40. The van der Waals surface area contributed by atoms with Gasteiger partial charge in [-0.05, 0) is 44.3 Å². The zero-order chi connectivity index (χ0) is 9.10. The monoisotopic (exact) mass is 184 g/mol. The van der Waals surface area contributed by atoms with Crippen molar-refractivity contribution in [3.8, 4) is 0 Å². The molecule has 0 aromatic rings. The van der Waals surface area contributed by atoms with E-state index in [9.17, 15) is 0 Å². The molecule has 2 fully saturated rings. The molecule has 2 heterocycles. The molecule has 2 aliphatic rings. The summed E-state index contributed by atoms with van der Waals surface area (Å²) in [6.45, 7) is 6.35. The highest BCUT2D eigenvalue weighted by Gasteiger charge is 2.32. The van der Waals surface area contributed by atoms with E-state index in [0.717, 1.165) is 24.8 Å². The summed E-state index contributed by atoms with van der Waals surface area (Å²) in [7, 11) is 0. The van der Waals surface area contributed by atoms with Gasteiger partial charge < -0.3 is 15.3 Å². The smallest absolute Gasteiger partial charge is 0.0443 e. The SMILES string of the molecule is OCCCN1CCC2CNCC2C1. The van der Waals surface area contributed by atoms with Gasteiger partial charge in [0.25, 0.3) is 0 Å². The maximum absolute atomic E-state index is 8.75. The lowest BCUT2D eigenvalue weighted by molar-refractivity contribution is 0.137. The average molecular weight is 184 g/mol. The van der Waals surface area contributed by atoms with E-state index >= 15 is 0 Å². The number of aliphatic hydroxyl groups excluding tert-OH is 1. The van der Waals surface area contributed by atoms with Crippen LogP contribution in [0.15, 0.2) is 0 Å². The molecule has 13 heavy (non-hydrogen) atoms.